The van der Waals surface area contributed by atoms with Gasteiger partial charge >= 0.3 is 5.69 Å². The second-order valence-corrected chi connectivity index (χ2v) is 6.47. The maximum Gasteiger partial charge on any atom is 0.307 e. The third kappa shape index (κ3) is 3.14. The number of halogens is 1. The van der Waals surface area contributed by atoms with Crippen LogP contribution in [0.2, 0.25) is 0 Å². The van der Waals surface area contributed by atoms with Gasteiger partial charge in [-0.2, -0.15) is 4.39 Å². The number of hydrogen-bond donors (Lipinski definition) is 2. The maximum absolute atomic E-state index is 13.7. The number of sulfonamides is 1. The number of aromatic nitrogens is 3. The molecule has 1 aromatic carbocycles. The molecule has 0 unspecified atom stereocenters. The average Bonchev–Trinajstić information content (AvgIpc) is 2.56. The van der Waals surface area contributed by atoms with E-state index in [0.717, 1.165) is 18.3 Å². The van der Waals surface area contributed by atoms with Crippen LogP contribution < -0.4 is 10.3 Å². The van der Waals surface area contributed by atoms with Crippen molar-refractivity contribution in [1.29, 1.82) is 0 Å². The lowest BCUT2D eigenvalue weighted by Gasteiger charge is -2.07. The van der Waals surface area contributed by atoms with E-state index in [0.29, 0.717) is 0 Å². The monoisotopic (exact) mass is 365 g/mol. The summed E-state index contributed by atoms with van der Waals surface area (Å²) in [6.07, 6.45) is 2.44. The number of benzene rings is 1. The van der Waals surface area contributed by atoms with Crippen molar-refractivity contribution in [2.45, 2.75) is 4.90 Å². The number of nitro benzene ring substituents is 1. The lowest BCUT2D eigenvalue weighted by molar-refractivity contribution is -0.387. The smallest absolute Gasteiger partial charge is 0.307 e. The maximum atomic E-state index is 13.7. The van der Waals surface area contributed by atoms with Crippen molar-refractivity contribution in [3.63, 3.8) is 0 Å². The quantitative estimate of drug-likeness (QED) is 0.520. The van der Waals surface area contributed by atoms with Gasteiger partial charge < -0.3 is 4.98 Å². The first kappa shape index (κ1) is 16.4. The van der Waals surface area contributed by atoms with Gasteiger partial charge in [0.15, 0.2) is 0 Å². The topological polar surface area (TPSA) is 148 Å². The summed E-state index contributed by atoms with van der Waals surface area (Å²) in [5.74, 6) is -1.78. The number of anilines is 1. The normalized spacial score (nSPS) is 11.4. The third-order valence-corrected chi connectivity index (χ3v) is 4.46. The minimum atomic E-state index is -4.13. The zero-order valence-electron chi connectivity index (χ0n) is 12.1. The van der Waals surface area contributed by atoms with Gasteiger partial charge in [0.1, 0.15) is 4.90 Å². The molecule has 25 heavy (non-hydrogen) atoms. The number of pyridine rings is 1. The van der Waals surface area contributed by atoms with Crippen molar-refractivity contribution in [2.75, 3.05) is 4.72 Å². The summed E-state index contributed by atoms with van der Waals surface area (Å²) in [6, 6.07) is 4.18. The van der Waals surface area contributed by atoms with Gasteiger partial charge in [-0.25, -0.2) is 13.4 Å². The molecular weight excluding hydrogens is 357 g/mol. The van der Waals surface area contributed by atoms with Crippen LogP contribution in [0.4, 0.5) is 15.9 Å². The number of nitrogens with zero attached hydrogens (tertiary/aromatic N) is 3. The van der Waals surface area contributed by atoms with Crippen LogP contribution in [0.15, 0.2) is 46.3 Å². The zero-order valence-corrected chi connectivity index (χ0v) is 12.9. The fraction of sp³-hybridized carbons (Fsp3) is 0. The molecule has 0 bridgehead atoms. The second-order valence-electron chi connectivity index (χ2n) is 4.79. The largest absolute Gasteiger partial charge is 0.317 e. The molecule has 10 nitrogen and oxygen atoms in total. The Hall–Kier alpha value is -3.41. The number of H-pyrrole nitrogens is 1. The van der Waals surface area contributed by atoms with E-state index in [9.17, 15) is 27.7 Å². The molecule has 3 aromatic rings. The van der Waals surface area contributed by atoms with E-state index in [1.165, 1.54) is 18.3 Å². The molecule has 0 radical (unpaired) electrons. The van der Waals surface area contributed by atoms with E-state index in [2.05, 4.69) is 15.0 Å². The van der Waals surface area contributed by atoms with E-state index in [-0.39, 0.29) is 15.9 Å². The Kier molecular flexibility index (Phi) is 3.88. The highest BCUT2D eigenvalue weighted by atomic mass is 32.2. The van der Waals surface area contributed by atoms with Crippen LogP contribution in [0.1, 0.15) is 0 Å². The summed E-state index contributed by atoms with van der Waals surface area (Å²) in [5.41, 5.74) is -2.05. The zero-order chi connectivity index (χ0) is 18.2. The minimum Gasteiger partial charge on any atom is -0.317 e. The highest BCUT2D eigenvalue weighted by Gasteiger charge is 2.20. The van der Waals surface area contributed by atoms with Gasteiger partial charge in [-0.05, 0) is 12.1 Å². The molecule has 0 amide bonds. The van der Waals surface area contributed by atoms with Crippen LogP contribution >= 0.6 is 0 Å². The van der Waals surface area contributed by atoms with E-state index in [4.69, 9.17) is 0 Å². The number of nitro groups is 1. The van der Waals surface area contributed by atoms with Gasteiger partial charge in [-0.15, -0.1) is 0 Å². The van der Waals surface area contributed by atoms with E-state index in [1.807, 2.05) is 4.72 Å². The fourth-order valence-electron chi connectivity index (χ4n) is 2.00. The van der Waals surface area contributed by atoms with Crippen LogP contribution in [-0.4, -0.2) is 28.3 Å². The first-order valence-electron chi connectivity index (χ1n) is 6.59. The van der Waals surface area contributed by atoms with Crippen molar-refractivity contribution >= 4 is 32.6 Å². The van der Waals surface area contributed by atoms with Gasteiger partial charge in [0.2, 0.25) is 11.6 Å². The third-order valence-electron chi connectivity index (χ3n) is 3.13. The fourth-order valence-corrected chi connectivity index (χ4v) is 2.97. The SMILES string of the molecule is O=c1[nH]c2cc([N+](=O)[O-])c(F)cc2nc1NS(=O)(=O)c1cccnc1. The summed E-state index contributed by atoms with van der Waals surface area (Å²) in [7, 11) is -4.13. The molecule has 0 saturated carbocycles. The Bertz CT molecular complexity index is 1150. The molecule has 0 aliphatic carbocycles. The Morgan fingerprint density at radius 3 is 2.72 bits per heavy atom. The van der Waals surface area contributed by atoms with E-state index < -0.39 is 37.8 Å². The van der Waals surface area contributed by atoms with Crippen molar-refractivity contribution in [3.8, 4) is 0 Å². The van der Waals surface area contributed by atoms with Crippen LogP contribution in [0.25, 0.3) is 11.0 Å². The standard InChI is InChI=1S/C13H8FN5O5S/c14-8-4-9-10(5-11(8)19(21)22)17-13(20)12(16-9)18-25(23,24)7-2-1-3-15-6-7/h1-6H,(H,16,18)(H,17,20). The first-order chi connectivity index (χ1) is 11.8. The lowest BCUT2D eigenvalue weighted by atomic mass is 10.2. The molecule has 3 rings (SSSR count). The van der Waals surface area contributed by atoms with Gasteiger partial charge in [0.05, 0.1) is 16.0 Å². The van der Waals surface area contributed by atoms with Gasteiger partial charge in [0.25, 0.3) is 15.6 Å². The van der Waals surface area contributed by atoms with Crippen LogP contribution in [0, 0.1) is 15.9 Å². The lowest BCUT2D eigenvalue weighted by Crippen LogP contribution is -2.22. The number of nitrogens with one attached hydrogen (secondary N) is 2. The van der Waals surface area contributed by atoms with E-state index >= 15 is 0 Å². The van der Waals surface area contributed by atoms with Crippen molar-refractivity contribution in [1.82, 2.24) is 15.0 Å². The highest BCUT2D eigenvalue weighted by molar-refractivity contribution is 7.92. The molecule has 128 valence electrons. The molecule has 0 saturated heterocycles. The summed E-state index contributed by atoms with van der Waals surface area (Å²) in [4.78, 5) is 31.2. The molecule has 12 heteroatoms. The molecule has 0 aliphatic rings. The number of hydrogen-bond acceptors (Lipinski definition) is 7. The number of aromatic amines is 1. The molecule has 2 heterocycles. The van der Waals surface area contributed by atoms with Crippen LogP contribution in [-0.2, 0) is 10.0 Å². The summed E-state index contributed by atoms with van der Waals surface area (Å²) in [6.45, 7) is 0. The average molecular weight is 365 g/mol. The molecular formula is C13H8FN5O5S. The molecule has 0 atom stereocenters. The summed E-state index contributed by atoms with van der Waals surface area (Å²) < 4.78 is 40.0. The van der Waals surface area contributed by atoms with Crippen molar-refractivity contribution < 1.29 is 17.7 Å². The molecule has 0 aliphatic heterocycles. The molecule has 0 spiro atoms. The Morgan fingerprint density at radius 1 is 1.32 bits per heavy atom. The Labute approximate surface area is 138 Å². The van der Waals surface area contributed by atoms with Gasteiger partial charge in [0, 0.05) is 24.5 Å². The van der Waals surface area contributed by atoms with Crippen molar-refractivity contribution in [3.05, 3.63) is 62.9 Å². The Balaban J connectivity index is 2.09. The predicted molar refractivity (Wildman–Crippen MR) is 84.0 cm³/mol. The highest BCUT2D eigenvalue weighted by Crippen LogP contribution is 2.22. The summed E-state index contributed by atoms with van der Waals surface area (Å²) >= 11 is 0. The molecule has 2 aromatic heterocycles. The predicted octanol–water partition coefficient (Wildman–Crippen LogP) is 1.17. The minimum absolute atomic E-state index is 0.109. The van der Waals surface area contributed by atoms with E-state index in [1.54, 1.807) is 0 Å². The number of fused-ring (bicyclic) bond motifs is 1. The molecule has 0 fully saturated rings. The van der Waals surface area contributed by atoms with Crippen molar-refractivity contribution in [2.24, 2.45) is 0 Å². The first-order valence-corrected chi connectivity index (χ1v) is 8.07. The summed E-state index contributed by atoms with van der Waals surface area (Å²) in [5, 5.41) is 10.7. The second kappa shape index (κ2) is 5.90. The van der Waals surface area contributed by atoms with Gasteiger partial charge in [-0.1, -0.05) is 0 Å². The van der Waals surface area contributed by atoms with Crippen LogP contribution in [0.5, 0.6) is 0 Å². The van der Waals surface area contributed by atoms with Gasteiger partial charge in [-0.3, -0.25) is 24.6 Å². The Morgan fingerprint density at radius 2 is 2.08 bits per heavy atom. The number of rotatable bonds is 4. The van der Waals surface area contributed by atoms with Crippen LogP contribution in [0.3, 0.4) is 0 Å². The molecule has 2 N–H and O–H groups in total.